The Labute approximate surface area is 111 Å². The summed E-state index contributed by atoms with van der Waals surface area (Å²) in [6, 6.07) is 8.18. The molecule has 3 rings (SSSR count). The molecule has 2 unspecified atom stereocenters. The summed E-state index contributed by atoms with van der Waals surface area (Å²) in [5.74, 6) is 2.60. The smallest absolute Gasteiger partial charge is 0.117 e. The predicted molar refractivity (Wildman–Crippen MR) is 78.6 cm³/mol. The molecule has 1 aliphatic rings. The Hall–Kier alpha value is -1.48. The van der Waals surface area contributed by atoms with Crippen LogP contribution in [0.5, 0.6) is 0 Å². The predicted octanol–water partition coefficient (Wildman–Crippen LogP) is 3.93. The van der Waals surface area contributed by atoms with Crippen LogP contribution in [0.1, 0.15) is 12.7 Å². The molecule has 2 aromatic rings. The molecular formula is C15H16N2S. The maximum absolute atomic E-state index is 4.60. The zero-order valence-electron chi connectivity index (χ0n) is 10.3. The van der Waals surface area contributed by atoms with Crippen LogP contribution in [0.3, 0.4) is 0 Å². The lowest BCUT2D eigenvalue weighted by atomic mass is 10.0. The number of hydrogen-bond donors (Lipinski definition) is 1. The van der Waals surface area contributed by atoms with E-state index in [1.165, 1.54) is 0 Å². The molecular weight excluding hydrogens is 240 g/mol. The van der Waals surface area contributed by atoms with E-state index in [0.29, 0.717) is 11.2 Å². The van der Waals surface area contributed by atoms with Crippen molar-refractivity contribution in [3.63, 3.8) is 0 Å². The molecule has 18 heavy (non-hydrogen) atoms. The maximum Gasteiger partial charge on any atom is 0.117 e. The molecule has 0 amide bonds. The van der Waals surface area contributed by atoms with Gasteiger partial charge in [0.05, 0.1) is 16.8 Å². The lowest BCUT2D eigenvalue weighted by molar-refractivity contribution is 0.752. The molecule has 1 aromatic heterocycles. The van der Waals surface area contributed by atoms with Crippen LogP contribution >= 0.6 is 11.8 Å². The number of imidazole rings is 1. The van der Waals surface area contributed by atoms with Crippen LogP contribution < -0.4 is 0 Å². The van der Waals surface area contributed by atoms with Crippen molar-refractivity contribution in [1.29, 1.82) is 0 Å². The van der Waals surface area contributed by atoms with Crippen molar-refractivity contribution in [3.05, 3.63) is 54.4 Å². The minimum Gasteiger partial charge on any atom is -0.341 e. The van der Waals surface area contributed by atoms with Crippen molar-refractivity contribution in [2.75, 3.05) is 0 Å². The minimum atomic E-state index is 0.559. The highest BCUT2D eigenvalue weighted by Gasteiger charge is 2.15. The van der Waals surface area contributed by atoms with Gasteiger partial charge in [0.1, 0.15) is 5.82 Å². The number of rotatable bonds is 3. The monoisotopic (exact) mass is 256 g/mol. The fraction of sp³-hybridized carbons (Fsp3) is 0.267. The second-order valence-corrected chi connectivity index (χ2v) is 5.77. The van der Waals surface area contributed by atoms with E-state index in [0.717, 1.165) is 22.6 Å². The van der Waals surface area contributed by atoms with Gasteiger partial charge < -0.3 is 4.98 Å². The summed E-state index contributed by atoms with van der Waals surface area (Å²) >= 11 is 1.94. The molecule has 1 aliphatic carbocycles. The molecule has 92 valence electrons. The molecule has 0 saturated heterocycles. The Kier molecular flexibility index (Phi) is 3.24. The first-order valence-corrected chi connectivity index (χ1v) is 7.28. The number of aromatic amines is 1. The van der Waals surface area contributed by atoms with Crippen LogP contribution in [-0.2, 0) is 5.75 Å². The van der Waals surface area contributed by atoms with Gasteiger partial charge in [-0.2, -0.15) is 0 Å². The van der Waals surface area contributed by atoms with Gasteiger partial charge in [0.2, 0.25) is 0 Å². The van der Waals surface area contributed by atoms with Gasteiger partial charge in [-0.1, -0.05) is 43.4 Å². The van der Waals surface area contributed by atoms with Gasteiger partial charge in [-0.15, -0.1) is 11.8 Å². The van der Waals surface area contributed by atoms with Crippen molar-refractivity contribution in [2.24, 2.45) is 5.92 Å². The molecule has 1 heterocycles. The molecule has 2 nitrogen and oxygen atoms in total. The summed E-state index contributed by atoms with van der Waals surface area (Å²) in [6.45, 7) is 2.26. The van der Waals surface area contributed by atoms with Crippen LogP contribution in [0.25, 0.3) is 11.0 Å². The van der Waals surface area contributed by atoms with E-state index in [2.05, 4.69) is 47.3 Å². The zero-order valence-corrected chi connectivity index (χ0v) is 11.2. The van der Waals surface area contributed by atoms with Gasteiger partial charge in [-0.05, 0) is 18.1 Å². The van der Waals surface area contributed by atoms with Crippen LogP contribution in [0.15, 0.2) is 48.6 Å². The van der Waals surface area contributed by atoms with E-state index in [4.69, 9.17) is 0 Å². The van der Waals surface area contributed by atoms with E-state index >= 15 is 0 Å². The summed E-state index contributed by atoms with van der Waals surface area (Å²) < 4.78 is 0. The summed E-state index contributed by atoms with van der Waals surface area (Å²) in [4.78, 5) is 7.98. The van der Waals surface area contributed by atoms with Crippen LogP contribution in [0.2, 0.25) is 0 Å². The number of benzene rings is 1. The third kappa shape index (κ3) is 2.36. The third-order valence-corrected chi connectivity index (χ3v) is 4.61. The largest absolute Gasteiger partial charge is 0.341 e. The standard InChI is InChI=1S/C15H16N2S/c1-11-6-2-5-9-14(11)18-10-15-16-12-7-3-4-8-13(12)17-15/h2-9,11,14H,10H2,1H3,(H,16,17). The highest BCUT2D eigenvalue weighted by Crippen LogP contribution is 2.27. The molecule has 1 N–H and O–H groups in total. The molecule has 0 aliphatic heterocycles. The molecule has 3 heteroatoms. The summed E-state index contributed by atoms with van der Waals surface area (Å²) in [5, 5.41) is 0.559. The van der Waals surface area contributed by atoms with Gasteiger partial charge in [0.15, 0.2) is 0 Å². The first kappa shape index (κ1) is 11.6. The van der Waals surface area contributed by atoms with Crippen molar-refractivity contribution >= 4 is 22.8 Å². The third-order valence-electron chi connectivity index (χ3n) is 3.20. The number of fused-ring (bicyclic) bond motifs is 1. The summed E-state index contributed by atoms with van der Waals surface area (Å²) in [6.07, 6.45) is 8.80. The lowest BCUT2D eigenvalue weighted by Crippen LogP contribution is -2.11. The van der Waals surface area contributed by atoms with Gasteiger partial charge in [0, 0.05) is 5.25 Å². The van der Waals surface area contributed by atoms with Crippen LogP contribution in [0.4, 0.5) is 0 Å². The fourth-order valence-electron chi connectivity index (χ4n) is 2.15. The molecule has 0 saturated carbocycles. The van der Waals surface area contributed by atoms with E-state index in [9.17, 15) is 0 Å². The van der Waals surface area contributed by atoms with E-state index in [1.807, 2.05) is 30.0 Å². The Bertz CT molecular complexity index is 564. The number of thioether (sulfide) groups is 1. The number of allylic oxidation sites excluding steroid dienone is 3. The van der Waals surface area contributed by atoms with Crippen molar-refractivity contribution in [1.82, 2.24) is 9.97 Å². The maximum atomic E-state index is 4.60. The Morgan fingerprint density at radius 2 is 2.06 bits per heavy atom. The molecule has 1 aromatic carbocycles. The highest BCUT2D eigenvalue weighted by molar-refractivity contribution is 7.99. The zero-order chi connectivity index (χ0) is 12.4. The normalized spacial score (nSPS) is 22.7. The van der Waals surface area contributed by atoms with Crippen molar-refractivity contribution in [2.45, 2.75) is 17.9 Å². The average molecular weight is 256 g/mol. The SMILES string of the molecule is CC1C=CC=CC1SCc1nc2ccccc2[nH]1. The van der Waals surface area contributed by atoms with Gasteiger partial charge >= 0.3 is 0 Å². The first-order valence-electron chi connectivity index (χ1n) is 6.23. The second kappa shape index (κ2) is 5.02. The Morgan fingerprint density at radius 3 is 2.89 bits per heavy atom. The molecule has 0 fully saturated rings. The number of para-hydroxylation sites is 2. The molecule has 2 atom stereocenters. The first-order chi connectivity index (χ1) is 8.83. The van der Waals surface area contributed by atoms with Gasteiger partial charge in [0.25, 0.3) is 0 Å². The summed E-state index contributed by atoms with van der Waals surface area (Å²) in [7, 11) is 0. The van der Waals surface area contributed by atoms with E-state index in [1.54, 1.807) is 0 Å². The number of hydrogen-bond acceptors (Lipinski definition) is 2. The van der Waals surface area contributed by atoms with Gasteiger partial charge in [-0.25, -0.2) is 4.98 Å². The average Bonchev–Trinajstić information content (AvgIpc) is 2.80. The molecule has 0 bridgehead atoms. The van der Waals surface area contributed by atoms with Crippen molar-refractivity contribution < 1.29 is 0 Å². The summed E-state index contributed by atoms with van der Waals surface area (Å²) in [5.41, 5.74) is 2.18. The Balaban J connectivity index is 1.69. The van der Waals surface area contributed by atoms with Gasteiger partial charge in [-0.3, -0.25) is 0 Å². The highest BCUT2D eigenvalue weighted by atomic mass is 32.2. The van der Waals surface area contributed by atoms with Crippen LogP contribution in [0, 0.1) is 5.92 Å². The van der Waals surface area contributed by atoms with E-state index < -0.39 is 0 Å². The second-order valence-electron chi connectivity index (χ2n) is 4.61. The fourth-order valence-corrected chi connectivity index (χ4v) is 3.24. The minimum absolute atomic E-state index is 0.559. The number of nitrogens with zero attached hydrogens (tertiary/aromatic N) is 1. The number of aromatic nitrogens is 2. The van der Waals surface area contributed by atoms with Crippen molar-refractivity contribution in [3.8, 4) is 0 Å². The molecule has 0 radical (unpaired) electrons. The topological polar surface area (TPSA) is 28.7 Å². The lowest BCUT2D eigenvalue weighted by Gasteiger charge is -2.19. The van der Waals surface area contributed by atoms with Crippen LogP contribution in [-0.4, -0.2) is 15.2 Å². The quantitative estimate of drug-likeness (QED) is 0.901. The number of nitrogens with one attached hydrogen (secondary N) is 1. The number of H-pyrrole nitrogens is 1. The Morgan fingerprint density at radius 1 is 1.22 bits per heavy atom. The van der Waals surface area contributed by atoms with E-state index in [-0.39, 0.29) is 0 Å². The molecule has 0 spiro atoms.